The predicted octanol–water partition coefficient (Wildman–Crippen LogP) is -0.774. The zero-order valence-electron chi connectivity index (χ0n) is 7.74. The molecule has 0 aromatic rings. The first-order chi connectivity index (χ1) is 6.65. The summed E-state index contributed by atoms with van der Waals surface area (Å²) in [7, 11) is 0. The third-order valence-electron chi connectivity index (χ3n) is 1.95. The fourth-order valence-electron chi connectivity index (χ4n) is 1.26. The van der Waals surface area contributed by atoms with Gasteiger partial charge in [-0.3, -0.25) is 9.59 Å². The van der Waals surface area contributed by atoms with Crippen LogP contribution < -0.4 is 5.32 Å². The number of hydrogen-bond donors (Lipinski definition) is 2. The van der Waals surface area contributed by atoms with Crippen molar-refractivity contribution in [2.24, 2.45) is 5.92 Å². The molecule has 1 aliphatic rings. The van der Waals surface area contributed by atoms with Crippen molar-refractivity contribution < 1.29 is 19.4 Å². The Labute approximate surface area is 81.4 Å². The first-order valence-electron chi connectivity index (χ1n) is 4.19. The van der Waals surface area contributed by atoms with Crippen LogP contribution in [0.4, 0.5) is 0 Å². The van der Waals surface area contributed by atoms with E-state index < -0.39 is 23.8 Å². The second kappa shape index (κ2) is 4.63. The Morgan fingerprint density at radius 1 is 1.50 bits per heavy atom. The van der Waals surface area contributed by atoms with Crippen molar-refractivity contribution in [3.05, 3.63) is 0 Å². The molecule has 5 heteroatoms. The number of carboxylic acids is 1. The molecule has 1 fully saturated rings. The molecule has 0 radical (unpaired) electrons. The maximum atomic E-state index is 11.0. The lowest BCUT2D eigenvalue weighted by atomic mass is 10.0. The van der Waals surface area contributed by atoms with Crippen LogP contribution in [0.3, 0.4) is 0 Å². The highest BCUT2D eigenvalue weighted by atomic mass is 16.5. The largest absolute Gasteiger partial charge is 0.481 e. The van der Waals surface area contributed by atoms with Gasteiger partial charge < -0.3 is 15.2 Å². The number of carbonyl (C=O) groups excluding carboxylic acids is 1. The Bertz CT molecular complexity index is 302. The topological polar surface area (TPSA) is 75.6 Å². The normalized spacial score (nSPS) is 24.9. The SMILES string of the molecule is CC#CC(=O)NC1COCC1C(=O)O. The molecule has 1 heterocycles. The summed E-state index contributed by atoms with van der Waals surface area (Å²) in [4.78, 5) is 21.7. The predicted molar refractivity (Wildman–Crippen MR) is 47.3 cm³/mol. The van der Waals surface area contributed by atoms with Gasteiger partial charge in [0.2, 0.25) is 0 Å². The molecular weight excluding hydrogens is 186 g/mol. The maximum Gasteiger partial charge on any atom is 0.311 e. The number of aliphatic carboxylic acids is 1. The molecule has 2 unspecified atom stereocenters. The van der Waals surface area contributed by atoms with E-state index in [0.29, 0.717) is 0 Å². The number of carboxylic acid groups (broad SMARTS) is 1. The Hall–Kier alpha value is -1.54. The Kier molecular flexibility index (Phi) is 3.48. The van der Waals surface area contributed by atoms with E-state index in [4.69, 9.17) is 9.84 Å². The number of hydrogen-bond acceptors (Lipinski definition) is 3. The lowest BCUT2D eigenvalue weighted by molar-refractivity contribution is -0.142. The van der Waals surface area contributed by atoms with Crippen LogP contribution in [-0.2, 0) is 14.3 Å². The van der Waals surface area contributed by atoms with E-state index in [1.54, 1.807) is 6.92 Å². The van der Waals surface area contributed by atoms with Crippen molar-refractivity contribution in [3.8, 4) is 11.8 Å². The quantitative estimate of drug-likeness (QED) is 0.570. The number of amides is 1. The average Bonchev–Trinajstić information content (AvgIpc) is 2.52. The summed E-state index contributed by atoms with van der Waals surface area (Å²) in [6.07, 6.45) is 0. The molecule has 0 bridgehead atoms. The molecule has 5 nitrogen and oxygen atoms in total. The zero-order valence-corrected chi connectivity index (χ0v) is 7.74. The average molecular weight is 197 g/mol. The van der Waals surface area contributed by atoms with Crippen molar-refractivity contribution in [2.45, 2.75) is 13.0 Å². The van der Waals surface area contributed by atoms with Crippen LogP contribution in [0.25, 0.3) is 0 Å². The minimum Gasteiger partial charge on any atom is -0.481 e. The first kappa shape index (κ1) is 10.5. The molecule has 0 spiro atoms. The van der Waals surface area contributed by atoms with Gasteiger partial charge in [-0.25, -0.2) is 0 Å². The van der Waals surface area contributed by atoms with Crippen LogP contribution in [0.2, 0.25) is 0 Å². The van der Waals surface area contributed by atoms with Gasteiger partial charge in [-0.2, -0.15) is 0 Å². The van der Waals surface area contributed by atoms with Crippen LogP contribution in [0, 0.1) is 17.8 Å². The Balaban J connectivity index is 2.54. The van der Waals surface area contributed by atoms with Gasteiger partial charge in [-0.05, 0) is 12.8 Å². The fraction of sp³-hybridized carbons (Fsp3) is 0.556. The van der Waals surface area contributed by atoms with Crippen molar-refractivity contribution >= 4 is 11.9 Å². The summed E-state index contributed by atoms with van der Waals surface area (Å²) in [6, 6.07) is -0.471. The molecule has 0 aliphatic carbocycles. The van der Waals surface area contributed by atoms with Gasteiger partial charge in [0.15, 0.2) is 0 Å². The van der Waals surface area contributed by atoms with Crippen molar-refractivity contribution in [2.75, 3.05) is 13.2 Å². The fourth-order valence-corrected chi connectivity index (χ4v) is 1.26. The van der Waals surface area contributed by atoms with Gasteiger partial charge in [0.05, 0.1) is 19.3 Å². The second-order valence-corrected chi connectivity index (χ2v) is 2.94. The Morgan fingerprint density at radius 3 is 2.79 bits per heavy atom. The molecule has 1 rings (SSSR count). The first-order valence-corrected chi connectivity index (χ1v) is 4.19. The molecule has 76 valence electrons. The third-order valence-corrected chi connectivity index (χ3v) is 1.95. The number of ether oxygens (including phenoxy) is 1. The summed E-state index contributed by atoms with van der Waals surface area (Å²) in [6.45, 7) is 1.91. The second-order valence-electron chi connectivity index (χ2n) is 2.94. The lowest BCUT2D eigenvalue weighted by Gasteiger charge is -2.13. The van der Waals surface area contributed by atoms with Crippen LogP contribution in [-0.4, -0.2) is 36.2 Å². The van der Waals surface area contributed by atoms with E-state index in [-0.39, 0.29) is 13.2 Å². The van der Waals surface area contributed by atoms with E-state index in [9.17, 15) is 9.59 Å². The highest BCUT2D eigenvalue weighted by molar-refractivity contribution is 5.94. The van der Waals surface area contributed by atoms with Crippen molar-refractivity contribution in [1.29, 1.82) is 0 Å². The standard InChI is InChI=1S/C9H11NO4/c1-2-3-8(11)10-7-5-14-4-6(7)9(12)13/h6-7H,4-5H2,1H3,(H,10,11)(H,12,13). The van der Waals surface area contributed by atoms with Crippen LogP contribution in [0.15, 0.2) is 0 Å². The van der Waals surface area contributed by atoms with Crippen molar-refractivity contribution in [3.63, 3.8) is 0 Å². The molecule has 1 saturated heterocycles. The highest BCUT2D eigenvalue weighted by Gasteiger charge is 2.34. The van der Waals surface area contributed by atoms with E-state index in [1.165, 1.54) is 0 Å². The van der Waals surface area contributed by atoms with E-state index in [1.807, 2.05) is 0 Å². The summed E-state index contributed by atoms with van der Waals surface area (Å²) < 4.78 is 4.97. The number of carbonyl (C=O) groups is 2. The smallest absolute Gasteiger partial charge is 0.311 e. The summed E-state index contributed by atoms with van der Waals surface area (Å²) in [5.74, 6) is 2.63. The van der Waals surface area contributed by atoms with Crippen LogP contribution >= 0.6 is 0 Å². The van der Waals surface area contributed by atoms with Gasteiger partial charge in [-0.15, -0.1) is 0 Å². The minimum atomic E-state index is -0.961. The highest BCUT2D eigenvalue weighted by Crippen LogP contribution is 2.13. The number of rotatable bonds is 2. The summed E-state index contributed by atoms with van der Waals surface area (Å²) in [5, 5.41) is 11.3. The molecule has 0 aromatic carbocycles. The van der Waals surface area contributed by atoms with E-state index in [2.05, 4.69) is 17.2 Å². The van der Waals surface area contributed by atoms with Crippen LogP contribution in [0.5, 0.6) is 0 Å². The van der Waals surface area contributed by atoms with Gasteiger partial charge >= 0.3 is 5.97 Å². The summed E-state index contributed by atoms with van der Waals surface area (Å²) >= 11 is 0. The molecular formula is C9H11NO4. The monoisotopic (exact) mass is 197 g/mol. The van der Waals surface area contributed by atoms with Crippen molar-refractivity contribution in [1.82, 2.24) is 5.32 Å². The van der Waals surface area contributed by atoms with Gasteiger partial charge in [0, 0.05) is 0 Å². The molecule has 0 aromatic heterocycles. The molecule has 2 N–H and O–H groups in total. The van der Waals surface area contributed by atoms with Gasteiger partial charge in [-0.1, -0.05) is 5.92 Å². The summed E-state index contributed by atoms with van der Waals surface area (Å²) in [5.41, 5.74) is 0. The van der Waals surface area contributed by atoms with Gasteiger partial charge in [0.25, 0.3) is 5.91 Å². The van der Waals surface area contributed by atoms with Crippen LogP contribution in [0.1, 0.15) is 6.92 Å². The third kappa shape index (κ3) is 2.47. The molecule has 1 amide bonds. The minimum absolute atomic E-state index is 0.139. The number of nitrogens with one attached hydrogen (secondary N) is 1. The molecule has 2 atom stereocenters. The maximum absolute atomic E-state index is 11.0. The lowest BCUT2D eigenvalue weighted by Crippen LogP contribution is -2.42. The molecule has 14 heavy (non-hydrogen) atoms. The van der Waals surface area contributed by atoms with E-state index >= 15 is 0 Å². The zero-order chi connectivity index (χ0) is 10.6. The van der Waals surface area contributed by atoms with Gasteiger partial charge in [0.1, 0.15) is 5.92 Å². The molecule has 1 aliphatic heterocycles. The molecule has 0 saturated carbocycles. The Morgan fingerprint density at radius 2 is 2.21 bits per heavy atom. The van der Waals surface area contributed by atoms with E-state index in [0.717, 1.165) is 0 Å².